The lowest BCUT2D eigenvalue weighted by molar-refractivity contribution is -0.384. The minimum Gasteiger partial charge on any atom is -0.381 e. The highest BCUT2D eigenvalue weighted by molar-refractivity contribution is 5.82. The van der Waals surface area contributed by atoms with Crippen LogP contribution in [0.15, 0.2) is 18.2 Å². The van der Waals surface area contributed by atoms with Gasteiger partial charge in [0.2, 0.25) is 5.91 Å². The van der Waals surface area contributed by atoms with Gasteiger partial charge in [0.1, 0.15) is 11.5 Å². The minimum atomic E-state index is -0.805. The number of nitrogens with zero attached hydrogens (tertiary/aromatic N) is 1. The van der Waals surface area contributed by atoms with Crippen LogP contribution in [0.25, 0.3) is 0 Å². The zero-order valence-electron chi connectivity index (χ0n) is 11.3. The molecule has 1 saturated heterocycles. The van der Waals surface area contributed by atoms with E-state index in [2.05, 4.69) is 5.32 Å². The van der Waals surface area contributed by atoms with Crippen molar-refractivity contribution < 1.29 is 18.8 Å². The molecule has 1 aromatic carbocycles. The molecule has 0 saturated carbocycles. The maximum atomic E-state index is 13.1. The summed E-state index contributed by atoms with van der Waals surface area (Å²) in [7, 11) is 0. The fraction of sp³-hybridized carbons (Fsp3) is 0.462. The molecule has 0 aliphatic carbocycles. The van der Waals surface area contributed by atoms with E-state index in [1.165, 1.54) is 6.07 Å². The number of anilines is 1. The Morgan fingerprint density at radius 2 is 2.14 bits per heavy atom. The standard InChI is InChI=1S/C13H16FN3O4/c14-9-1-2-10(11(7-9)17(19)20)16-8-13(12(15)18)3-5-21-6-4-13/h1-2,7,16H,3-6,8H2,(H2,15,18). The summed E-state index contributed by atoms with van der Waals surface area (Å²) < 4.78 is 18.3. The number of nitro groups is 1. The Hall–Kier alpha value is -2.22. The van der Waals surface area contributed by atoms with E-state index in [0.29, 0.717) is 26.1 Å². The molecule has 0 bridgehead atoms. The van der Waals surface area contributed by atoms with Crippen LogP contribution in [-0.4, -0.2) is 30.6 Å². The quantitative estimate of drug-likeness (QED) is 0.631. The molecule has 114 valence electrons. The Kier molecular flexibility index (Phi) is 4.37. The first-order valence-electron chi connectivity index (χ1n) is 6.50. The van der Waals surface area contributed by atoms with Gasteiger partial charge >= 0.3 is 0 Å². The van der Waals surface area contributed by atoms with Gasteiger partial charge in [-0.15, -0.1) is 0 Å². The number of carbonyl (C=O) groups is 1. The van der Waals surface area contributed by atoms with E-state index in [0.717, 1.165) is 12.1 Å². The first kappa shape index (κ1) is 15.2. The molecule has 0 aromatic heterocycles. The van der Waals surface area contributed by atoms with Crippen LogP contribution in [0.1, 0.15) is 12.8 Å². The van der Waals surface area contributed by atoms with Crippen molar-refractivity contribution in [2.24, 2.45) is 11.1 Å². The number of ether oxygens (including phenoxy) is 1. The van der Waals surface area contributed by atoms with Crippen molar-refractivity contribution >= 4 is 17.3 Å². The van der Waals surface area contributed by atoms with Crippen LogP contribution >= 0.6 is 0 Å². The molecule has 1 aliphatic rings. The smallest absolute Gasteiger partial charge is 0.295 e. The predicted molar refractivity (Wildman–Crippen MR) is 73.2 cm³/mol. The molecule has 1 aromatic rings. The van der Waals surface area contributed by atoms with Crippen molar-refractivity contribution in [1.82, 2.24) is 0 Å². The summed E-state index contributed by atoms with van der Waals surface area (Å²) >= 11 is 0. The number of benzene rings is 1. The van der Waals surface area contributed by atoms with Gasteiger partial charge in [0.25, 0.3) is 5.69 Å². The summed E-state index contributed by atoms with van der Waals surface area (Å²) in [5.41, 5.74) is 4.44. The van der Waals surface area contributed by atoms with E-state index in [1.807, 2.05) is 0 Å². The van der Waals surface area contributed by atoms with E-state index >= 15 is 0 Å². The molecule has 0 radical (unpaired) electrons. The molecule has 0 atom stereocenters. The Morgan fingerprint density at radius 3 is 2.71 bits per heavy atom. The van der Waals surface area contributed by atoms with Crippen molar-refractivity contribution in [3.05, 3.63) is 34.1 Å². The van der Waals surface area contributed by atoms with Crippen molar-refractivity contribution in [2.45, 2.75) is 12.8 Å². The zero-order valence-corrected chi connectivity index (χ0v) is 11.3. The van der Waals surface area contributed by atoms with E-state index < -0.39 is 22.1 Å². The highest BCUT2D eigenvalue weighted by atomic mass is 19.1. The third kappa shape index (κ3) is 3.27. The molecule has 21 heavy (non-hydrogen) atoms. The third-order valence-electron chi connectivity index (χ3n) is 3.75. The lowest BCUT2D eigenvalue weighted by atomic mass is 9.79. The summed E-state index contributed by atoms with van der Waals surface area (Å²) in [6.45, 7) is 0.977. The Balaban J connectivity index is 2.18. The van der Waals surface area contributed by atoms with Crippen LogP contribution in [0.4, 0.5) is 15.8 Å². The molecule has 0 unspecified atom stereocenters. The van der Waals surface area contributed by atoms with Crippen molar-refractivity contribution in [1.29, 1.82) is 0 Å². The second-order valence-corrected chi connectivity index (χ2v) is 5.03. The zero-order chi connectivity index (χ0) is 15.5. The number of nitro benzene ring substituents is 1. The summed E-state index contributed by atoms with van der Waals surface area (Å²) in [5.74, 6) is -1.16. The fourth-order valence-electron chi connectivity index (χ4n) is 2.34. The van der Waals surface area contributed by atoms with Crippen LogP contribution in [0, 0.1) is 21.3 Å². The van der Waals surface area contributed by atoms with Crippen molar-refractivity contribution in [2.75, 3.05) is 25.1 Å². The van der Waals surface area contributed by atoms with Gasteiger partial charge in [0.15, 0.2) is 0 Å². The first-order valence-corrected chi connectivity index (χ1v) is 6.50. The van der Waals surface area contributed by atoms with Crippen molar-refractivity contribution in [3.8, 4) is 0 Å². The van der Waals surface area contributed by atoms with Gasteiger partial charge in [-0.2, -0.15) is 0 Å². The highest BCUT2D eigenvalue weighted by Gasteiger charge is 2.38. The van der Waals surface area contributed by atoms with Crippen LogP contribution < -0.4 is 11.1 Å². The fourth-order valence-corrected chi connectivity index (χ4v) is 2.34. The van der Waals surface area contributed by atoms with Crippen molar-refractivity contribution in [3.63, 3.8) is 0 Å². The van der Waals surface area contributed by atoms with Crippen LogP contribution in [0.5, 0.6) is 0 Å². The average molecular weight is 297 g/mol. The van der Waals surface area contributed by atoms with Crippen LogP contribution in [-0.2, 0) is 9.53 Å². The maximum absolute atomic E-state index is 13.1. The number of rotatable bonds is 5. The van der Waals surface area contributed by atoms with Gasteiger partial charge in [0, 0.05) is 19.8 Å². The van der Waals surface area contributed by atoms with Gasteiger partial charge in [-0.1, -0.05) is 0 Å². The molecular formula is C13H16FN3O4. The average Bonchev–Trinajstić information content (AvgIpc) is 2.46. The lowest BCUT2D eigenvalue weighted by Gasteiger charge is -2.34. The number of nitrogens with one attached hydrogen (secondary N) is 1. The molecule has 1 amide bonds. The molecule has 0 spiro atoms. The molecule has 8 heteroatoms. The van der Waals surface area contributed by atoms with E-state index in [4.69, 9.17) is 10.5 Å². The second-order valence-electron chi connectivity index (χ2n) is 5.03. The Labute approximate surface area is 120 Å². The van der Waals surface area contributed by atoms with Gasteiger partial charge in [0.05, 0.1) is 16.4 Å². The molecule has 1 aliphatic heterocycles. The summed E-state index contributed by atoms with van der Waals surface area (Å²) in [6.07, 6.45) is 0.897. The third-order valence-corrected chi connectivity index (χ3v) is 3.75. The Bertz CT molecular complexity index is 558. The number of nitrogens with two attached hydrogens (primary N) is 1. The second kappa shape index (κ2) is 6.04. The number of amides is 1. The van der Waals surface area contributed by atoms with Crippen LogP contribution in [0.2, 0.25) is 0 Å². The predicted octanol–water partition coefficient (Wildman–Crippen LogP) is 1.43. The number of halogens is 1. The summed E-state index contributed by atoms with van der Waals surface area (Å²) in [4.78, 5) is 22.0. The van der Waals surface area contributed by atoms with Gasteiger partial charge in [-0.05, 0) is 25.0 Å². The highest BCUT2D eigenvalue weighted by Crippen LogP contribution is 2.32. The molecule has 2 rings (SSSR count). The number of hydrogen-bond donors (Lipinski definition) is 2. The first-order chi connectivity index (χ1) is 9.94. The monoisotopic (exact) mass is 297 g/mol. The molecule has 1 fully saturated rings. The molecular weight excluding hydrogens is 281 g/mol. The van der Waals surface area contributed by atoms with E-state index in [-0.39, 0.29) is 17.9 Å². The van der Waals surface area contributed by atoms with Crippen LogP contribution in [0.3, 0.4) is 0 Å². The summed E-state index contributed by atoms with van der Waals surface area (Å²) in [5, 5.41) is 13.8. The Morgan fingerprint density at radius 1 is 1.48 bits per heavy atom. The maximum Gasteiger partial charge on any atom is 0.295 e. The molecule has 7 nitrogen and oxygen atoms in total. The molecule has 1 heterocycles. The molecule has 3 N–H and O–H groups in total. The van der Waals surface area contributed by atoms with E-state index in [1.54, 1.807) is 0 Å². The SMILES string of the molecule is NC(=O)C1(CNc2ccc(F)cc2[N+](=O)[O-])CCOCC1. The van der Waals surface area contributed by atoms with Gasteiger partial charge < -0.3 is 15.8 Å². The van der Waals surface area contributed by atoms with Gasteiger partial charge in [-0.25, -0.2) is 4.39 Å². The summed E-state index contributed by atoms with van der Waals surface area (Å²) in [6, 6.07) is 3.24. The topological polar surface area (TPSA) is 107 Å². The minimum absolute atomic E-state index is 0.151. The largest absolute Gasteiger partial charge is 0.381 e. The lowest BCUT2D eigenvalue weighted by Crippen LogP contribution is -2.46. The number of carbonyl (C=O) groups excluding carboxylic acids is 1. The number of hydrogen-bond acceptors (Lipinski definition) is 5. The number of primary amides is 1. The normalized spacial score (nSPS) is 17.2. The van der Waals surface area contributed by atoms with E-state index in [9.17, 15) is 19.3 Å². The van der Waals surface area contributed by atoms with Gasteiger partial charge in [-0.3, -0.25) is 14.9 Å².